The van der Waals surface area contributed by atoms with E-state index >= 15 is 0 Å². The van der Waals surface area contributed by atoms with Crippen molar-refractivity contribution >= 4 is 17.7 Å². The molecule has 1 heterocycles. The first-order valence-electron chi connectivity index (χ1n) is 5.09. The molecule has 0 aliphatic heterocycles. The van der Waals surface area contributed by atoms with Crippen molar-refractivity contribution in [3.8, 4) is 0 Å². The molecule has 6 nitrogen and oxygen atoms in total. The van der Waals surface area contributed by atoms with Crippen LogP contribution in [0.25, 0.3) is 0 Å². The molecule has 1 amide bonds. The highest BCUT2D eigenvalue weighted by Crippen LogP contribution is 2.14. The number of amides is 1. The second-order valence-corrected chi connectivity index (χ2v) is 5.06. The van der Waals surface area contributed by atoms with Gasteiger partial charge in [0, 0.05) is 20.6 Å². The molecule has 0 fully saturated rings. The lowest BCUT2D eigenvalue weighted by Gasteiger charge is -2.09. The van der Waals surface area contributed by atoms with Crippen LogP contribution < -0.4 is 0 Å². The highest BCUT2D eigenvalue weighted by Gasteiger charge is 2.11. The van der Waals surface area contributed by atoms with Gasteiger partial charge in [0.25, 0.3) is 0 Å². The summed E-state index contributed by atoms with van der Waals surface area (Å²) in [5.74, 6) is 0.905. The van der Waals surface area contributed by atoms with Crippen molar-refractivity contribution < 1.29 is 4.79 Å². The van der Waals surface area contributed by atoms with Gasteiger partial charge in [-0.05, 0) is 16.3 Å². The summed E-state index contributed by atoms with van der Waals surface area (Å²) < 4.78 is 1.73. The van der Waals surface area contributed by atoms with Crippen LogP contribution in [-0.2, 0) is 11.3 Å². The quantitative estimate of drug-likeness (QED) is 0.705. The average Bonchev–Trinajstić information content (AvgIpc) is 2.60. The fourth-order valence-corrected chi connectivity index (χ4v) is 1.88. The molecular weight excluding hydrogens is 226 g/mol. The van der Waals surface area contributed by atoms with Crippen LogP contribution in [0.1, 0.15) is 13.8 Å². The van der Waals surface area contributed by atoms with Crippen LogP contribution in [0, 0.1) is 5.92 Å². The third-order valence-corrected chi connectivity index (χ3v) is 2.80. The number of aromatic nitrogens is 4. The molecule has 1 aromatic rings. The Morgan fingerprint density at radius 2 is 2.19 bits per heavy atom. The Morgan fingerprint density at radius 3 is 2.75 bits per heavy atom. The lowest BCUT2D eigenvalue weighted by molar-refractivity contribution is -0.125. The van der Waals surface area contributed by atoms with E-state index in [2.05, 4.69) is 29.4 Å². The van der Waals surface area contributed by atoms with E-state index in [-0.39, 0.29) is 5.91 Å². The second kappa shape index (κ2) is 5.83. The number of nitrogens with zero attached hydrogens (tertiary/aromatic N) is 5. The van der Waals surface area contributed by atoms with Crippen LogP contribution in [0.3, 0.4) is 0 Å². The van der Waals surface area contributed by atoms with Crippen LogP contribution in [0.15, 0.2) is 5.16 Å². The average molecular weight is 243 g/mol. The van der Waals surface area contributed by atoms with Gasteiger partial charge in [-0.2, -0.15) is 0 Å². The second-order valence-electron chi connectivity index (χ2n) is 4.11. The topological polar surface area (TPSA) is 63.9 Å². The van der Waals surface area contributed by atoms with Crippen molar-refractivity contribution in [1.82, 2.24) is 25.1 Å². The van der Waals surface area contributed by atoms with Crippen molar-refractivity contribution in [2.45, 2.75) is 25.5 Å². The summed E-state index contributed by atoms with van der Waals surface area (Å²) >= 11 is 1.37. The molecule has 0 aliphatic rings. The fraction of sp³-hybridized carbons (Fsp3) is 0.778. The fourth-order valence-electron chi connectivity index (χ4n) is 1.02. The molecule has 0 aromatic carbocycles. The molecule has 0 saturated heterocycles. The zero-order valence-corrected chi connectivity index (χ0v) is 10.9. The molecule has 1 rings (SSSR count). The van der Waals surface area contributed by atoms with E-state index < -0.39 is 0 Å². The summed E-state index contributed by atoms with van der Waals surface area (Å²) in [6.45, 7) is 4.97. The maximum absolute atomic E-state index is 11.4. The first-order chi connectivity index (χ1) is 7.50. The Labute approximate surface area is 99.4 Å². The van der Waals surface area contributed by atoms with Crippen molar-refractivity contribution in [3.05, 3.63) is 0 Å². The third kappa shape index (κ3) is 3.80. The molecule has 0 atom stereocenters. The van der Waals surface area contributed by atoms with Crippen LogP contribution in [0.2, 0.25) is 0 Å². The minimum absolute atomic E-state index is 0.0593. The summed E-state index contributed by atoms with van der Waals surface area (Å²) in [6.07, 6.45) is 0. The summed E-state index contributed by atoms with van der Waals surface area (Å²) in [5.41, 5.74) is 0. The lowest BCUT2D eigenvalue weighted by atomic mass is 10.2. The Bertz CT molecular complexity index is 349. The first kappa shape index (κ1) is 13.0. The number of thioether (sulfide) groups is 1. The van der Waals surface area contributed by atoms with E-state index in [0.29, 0.717) is 16.8 Å². The Kier molecular flexibility index (Phi) is 4.72. The van der Waals surface area contributed by atoms with Gasteiger partial charge >= 0.3 is 0 Å². The molecule has 0 radical (unpaired) electrons. The van der Waals surface area contributed by atoms with Crippen molar-refractivity contribution in [1.29, 1.82) is 0 Å². The number of carbonyl (C=O) groups is 1. The van der Waals surface area contributed by atoms with Gasteiger partial charge in [0.15, 0.2) is 0 Å². The Morgan fingerprint density at radius 1 is 1.50 bits per heavy atom. The van der Waals surface area contributed by atoms with E-state index in [1.807, 2.05) is 0 Å². The van der Waals surface area contributed by atoms with E-state index in [9.17, 15) is 4.79 Å². The summed E-state index contributed by atoms with van der Waals surface area (Å²) in [6, 6.07) is 0. The first-order valence-corrected chi connectivity index (χ1v) is 6.08. The number of hydrogen-bond acceptors (Lipinski definition) is 5. The molecular formula is C9H17N5OS. The summed E-state index contributed by atoms with van der Waals surface area (Å²) in [5, 5.41) is 12.1. The third-order valence-electron chi connectivity index (χ3n) is 1.86. The molecule has 0 spiro atoms. The van der Waals surface area contributed by atoms with Gasteiger partial charge in [-0.1, -0.05) is 25.6 Å². The largest absolute Gasteiger partial charge is 0.348 e. The van der Waals surface area contributed by atoms with Gasteiger partial charge in [0.05, 0.1) is 5.75 Å². The summed E-state index contributed by atoms with van der Waals surface area (Å²) in [4.78, 5) is 13.0. The maximum Gasteiger partial charge on any atom is 0.232 e. The number of rotatable bonds is 5. The monoisotopic (exact) mass is 243 g/mol. The molecule has 1 aromatic heterocycles. The predicted molar refractivity (Wildman–Crippen MR) is 62.1 cm³/mol. The van der Waals surface area contributed by atoms with Crippen molar-refractivity contribution in [3.63, 3.8) is 0 Å². The molecule has 0 N–H and O–H groups in total. The van der Waals surface area contributed by atoms with Gasteiger partial charge in [0.2, 0.25) is 11.1 Å². The summed E-state index contributed by atoms with van der Waals surface area (Å²) in [7, 11) is 3.47. The number of hydrogen-bond donors (Lipinski definition) is 0. The van der Waals surface area contributed by atoms with Gasteiger partial charge in [0.1, 0.15) is 0 Å². The maximum atomic E-state index is 11.4. The van der Waals surface area contributed by atoms with Gasteiger partial charge in [-0.25, -0.2) is 4.68 Å². The molecule has 0 unspecified atom stereocenters. The van der Waals surface area contributed by atoms with Crippen LogP contribution in [0.5, 0.6) is 0 Å². The zero-order chi connectivity index (χ0) is 12.1. The predicted octanol–water partition coefficient (Wildman–Crippen LogP) is 0.509. The molecule has 0 bridgehead atoms. The Balaban J connectivity index is 2.54. The minimum atomic E-state index is 0.0593. The smallest absolute Gasteiger partial charge is 0.232 e. The van der Waals surface area contributed by atoms with E-state index in [0.717, 1.165) is 6.54 Å². The van der Waals surface area contributed by atoms with Crippen LogP contribution >= 0.6 is 11.8 Å². The van der Waals surface area contributed by atoms with E-state index in [1.165, 1.54) is 11.8 Å². The molecule has 0 saturated carbocycles. The van der Waals surface area contributed by atoms with E-state index in [1.54, 1.807) is 23.7 Å². The van der Waals surface area contributed by atoms with Crippen molar-refractivity contribution in [2.75, 3.05) is 19.8 Å². The SMILES string of the molecule is CC(C)Cn1nnnc1SCC(=O)N(C)C. The highest BCUT2D eigenvalue weighted by atomic mass is 32.2. The highest BCUT2D eigenvalue weighted by molar-refractivity contribution is 7.99. The molecule has 0 aliphatic carbocycles. The van der Waals surface area contributed by atoms with Crippen LogP contribution in [-0.4, -0.2) is 50.9 Å². The standard InChI is InChI=1S/C9H17N5OS/c1-7(2)5-14-9(10-11-12-14)16-6-8(15)13(3)4/h7H,5-6H2,1-4H3. The zero-order valence-electron chi connectivity index (χ0n) is 10.0. The Hall–Kier alpha value is -1.11. The van der Waals surface area contributed by atoms with Gasteiger partial charge in [-0.3, -0.25) is 4.79 Å². The lowest BCUT2D eigenvalue weighted by Crippen LogP contribution is -2.23. The molecule has 90 valence electrons. The van der Waals surface area contributed by atoms with Gasteiger partial charge in [-0.15, -0.1) is 5.10 Å². The van der Waals surface area contributed by atoms with Crippen LogP contribution in [0.4, 0.5) is 0 Å². The molecule has 7 heteroatoms. The number of carbonyl (C=O) groups excluding carboxylic acids is 1. The van der Waals surface area contributed by atoms with Gasteiger partial charge < -0.3 is 4.90 Å². The minimum Gasteiger partial charge on any atom is -0.348 e. The molecule has 16 heavy (non-hydrogen) atoms. The van der Waals surface area contributed by atoms with Crippen molar-refractivity contribution in [2.24, 2.45) is 5.92 Å². The normalized spacial score (nSPS) is 10.8. The number of tetrazole rings is 1. The van der Waals surface area contributed by atoms with E-state index in [4.69, 9.17) is 0 Å².